The molecule has 0 radical (unpaired) electrons. The van der Waals surface area contributed by atoms with E-state index < -0.39 is 0 Å². The number of urea groups is 1. The molecule has 184 valence electrons. The average Bonchev–Trinajstić information content (AvgIpc) is 2.90. The van der Waals surface area contributed by atoms with E-state index >= 15 is 0 Å². The Balaban J connectivity index is 1.58. The normalized spacial score (nSPS) is 16.0. The minimum Gasteiger partial charge on any atom is -0.338 e. The fourth-order valence-electron chi connectivity index (χ4n) is 4.36. The first-order valence-electron chi connectivity index (χ1n) is 12.2. The lowest BCUT2D eigenvalue weighted by atomic mass is 10.0. The standard InChI is InChI=1S/C29H32N6O/c1-21(2)23-13-15-25(16-14-23)32-29(36)35-18-17-34(19-27(35)24-10-5-4-6-11-24)28(31-20-30)33-26-12-8-7-9-22(26)3/h4-16,21,27H,17-19H2,1-3H3,(H,31,33)(H,32,36). The van der Waals surface area contributed by atoms with Crippen LogP contribution in [0.3, 0.4) is 0 Å². The number of carbonyl (C=O) groups is 1. The summed E-state index contributed by atoms with van der Waals surface area (Å²) in [7, 11) is 0. The van der Waals surface area contributed by atoms with Crippen molar-refractivity contribution in [2.75, 3.05) is 25.0 Å². The summed E-state index contributed by atoms with van der Waals surface area (Å²) in [4.78, 5) is 22.1. The molecule has 1 heterocycles. The predicted molar refractivity (Wildman–Crippen MR) is 144 cm³/mol. The van der Waals surface area contributed by atoms with Gasteiger partial charge in [0.1, 0.15) is 0 Å². The second-order valence-electron chi connectivity index (χ2n) is 9.23. The first-order valence-corrected chi connectivity index (χ1v) is 12.2. The Kier molecular flexibility index (Phi) is 7.86. The lowest BCUT2D eigenvalue weighted by Gasteiger charge is -2.42. The molecule has 7 nitrogen and oxygen atoms in total. The maximum atomic E-state index is 13.4. The van der Waals surface area contributed by atoms with Crippen LogP contribution in [0.4, 0.5) is 16.2 Å². The number of nitrogens with zero attached hydrogens (tertiary/aromatic N) is 4. The van der Waals surface area contributed by atoms with Crippen LogP contribution in [0, 0.1) is 18.4 Å². The van der Waals surface area contributed by atoms with Gasteiger partial charge in [0.15, 0.2) is 6.19 Å². The van der Waals surface area contributed by atoms with Crippen molar-refractivity contribution in [3.8, 4) is 6.19 Å². The van der Waals surface area contributed by atoms with Crippen molar-refractivity contribution in [3.63, 3.8) is 0 Å². The molecule has 0 spiro atoms. The van der Waals surface area contributed by atoms with Gasteiger partial charge in [0.05, 0.1) is 11.7 Å². The molecule has 1 aliphatic rings. The van der Waals surface area contributed by atoms with Gasteiger partial charge in [-0.2, -0.15) is 5.26 Å². The summed E-state index contributed by atoms with van der Waals surface area (Å²) in [5.41, 5.74) is 4.85. The number of anilines is 1. The number of benzene rings is 3. The van der Waals surface area contributed by atoms with Crippen molar-refractivity contribution in [3.05, 3.63) is 95.6 Å². The van der Waals surface area contributed by atoms with Gasteiger partial charge in [-0.1, -0.05) is 74.5 Å². The van der Waals surface area contributed by atoms with E-state index in [0.717, 1.165) is 22.5 Å². The molecule has 4 rings (SSSR count). The van der Waals surface area contributed by atoms with Crippen molar-refractivity contribution in [1.82, 2.24) is 15.1 Å². The molecule has 0 aliphatic carbocycles. The van der Waals surface area contributed by atoms with Crippen LogP contribution in [0.15, 0.2) is 83.9 Å². The Morgan fingerprint density at radius 3 is 2.36 bits per heavy atom. The Morgan fingerprint density at radius 1 is 1.00 bits per heavy atom. The molecule has 2 N–H and O–H groups in total. The third-order valence-electron chi connectivity index (χ3n) is 6.46. The lowest BCUT2D eigenvalue weighted by Crippen LogP contribution is -2.55. The van der Waals surface area contributed by atoms with Gasteiger partial charge in [-0.15, -0.1) is 0 Å². The minimum atomic E-state index is -0.211. The largest absolute Gasteiger partial charge is 0.338 e. The second-order valence-corrected chi connectivity index (χ2v) is 9.23. The molecule has 0 bridgehead atoms. The van der Waals surface area contributed by atoms with Crippen LogP contribution in [0.2, 0.25) is 0 Å². The molecular formula is C29H32N6O. The van der Waals surface area contributed by atoms with Crippen LogP contribution in [-0.2, 0) is 0 Å². The average molecular weight is 481 g/mol. The number of guanidine groups is 1. The van der Waals surface area contributed by atoms with E-state index in [1.54, 1.807) is 0 Å². The molecule has 3 aromatic rings. The smallest absolute Gasteiger partial charge is 0.322 e. The predicted octanol–water partition coefficient (Wildman–Crippen LogP) is 5.77. The summed E-state index contributed by atoms with van der Waals surface area (Å²) >= 11 is 0. The van der Waals surface area contributed by atoms with Gasteiger partial charge in [0.2, 0.25) is 5.96 Å². The van der Waals surface area contributed by atoms with Gasteiger partial charge >= 0.3 is 6.03 Å². The zero-order valence-corrected chi connectivity index (χ0v) is 21.0. The molecule has 1 atom stereocenters. The van der Waals surface area contributed by atoms with Gasteiger partial charge in [-0.25, -0.2) is 9.79 Å². The Hall–Kier alpha value is -4.31. The summed E-state index contributed by atoms with van der Waals surface area (Å²) in [6, 6.07) is 25.4. The molecule has 1 unspecified atom stereocenters. The van der Waals surface area contributed by atoms with Crippen molar-refractivity contribution >= 4 is 23.4 Å². The molecule has 7 heteroatoms. The van der Waals surface area contributed by atoms with Gasteiger partial charge in [0, 0.05) is 25.3 Å². The van der Waals surface area contributed by atoms with E-state index in [1.807, 2.05) is 89.6 Å². The molecule has 0 aromatic heterocycles. The number of hydrogen-bond donors (Lipinski definition) is 2. The van der Waals surface area contributed by atoms with Crippen LogP contribution in [0.5, 0.6) is 0 Å². The maximum absolute atomic E-state index is 13.4. The number of amides is 2. The van der Waals surface area contributed by atoms with Crippen molar-refractivity contribution in [1.29, 1.82) is 5.26 Å². The number of nitriles is 1. The molecule has 1 saturated heterocycles. The SMILES string of the molecule is Cc1ccccc1N=C(NC#N)N1CCN(C(=O)Nc2ccc(C(C)C)cc2)C(c2ccccc2)C1. The number of aliphatic imine (C=N–C) groups is 1. The summed E-state index contributed by atoms with van der Waals surface area (Å²) < 4.78 is 0. The Labute approximate surface area is 213 Å². The van der Waals surface area contributed by atoms with Crippen LogP contribution in [0.1, 0.15) is 42.5 Å². The zero-order valence-electron chi connectivity index (χ0n) is 21.0. The van der Waals surface area contributed by atoms with E-state index in [-0.39, 0.29) is 12.1 Å². The summed E-state index contributed by atoms with van der Waals surface area (Å²) in [6.07, 6.45) is 2.02. The topological polar surface area (TPSA) is 83.8 Å². The molecular weight excluding hydrogens is 448 g/mol. The van der Waals surface area contributed by atoms with Crippen LogP contribution in [-0.4, -0.2) is 41.4 Å². The number of piperazine rings is 1. The van der Waals surface area contributed by atoms with E-state index in [9.17, 15) is 10.1 Å². The van der Waals surface area contributed by atoms with Crippen molar-refractivity contribution < 1.29 is 4.79 Å². The zero-order chi connectivity index (χ0) is 25.5. The summed E-state index contributed by atoms with van der Waals surface area (Å²) in [5, 5.41) is 15.2. The van der Waals surface area contributed by atoms with Gasteiger partial charge in [-0.05, 0) is 47.7 Å². The monoisotopic (exact) mass is 480 g/mol. The fourth-order valence-corrected chi connectivity index (χ4v) is 4.36. The third-order valence-corrected chi connectivity index (χ3v) is 6.46. The number of para-hydroxylation sites is 1. The summed E-state index contributed by atoms with van der Waals surface area (Å²) in [6.45, 7) is 7.82. The van der Waals surface area contributed by atoms with Crippen LogP contribution < -0.4 is 10.6 Å². The number of carbonyl (C=O) groups excluding carboxylic acids is 1. The molecule has 1 aliphatic heterocycles. The molecule has 0 saturated carbocycles. The van der Waals surface area contributed by atoms with Crippen molar-refractivity contribution in [2.24, 2.45) is 4.99 Å². The van der Waals surface area contributed by atoms with Crippen LogP contribution in [0.25, 0.3) is 0 Å². The summed E-state index contributed by atoms with van der Waals surface area (Å²) in [5.74, 6) is 0.917. The highest BCUT2D eigenvalue weighted by Crippen LogP contribution is 2.28. The first-order chi connectivity index (χ1) is 17.5. The van der Waals surface area contributed by atoms with Crippen molar-refractivity contribution in [2.45, 2.75) is 32.7 Å². The molecule has 2 amide bonds. The minimum absolute atomic E-state index is 0.147. The molecule has 1 fully saturated rings. The Bertz CT molecular complexity index is 1250. The first kappa shape index (κ1) is 24.8. The number of aryl methyl sites for hydroxylation is 1. The number of hydrogen-bond acceptors (Lipinski definition) is 3. The van der Waals surface area contributed by atoms with E-state index in [4.69, 9.17) is 4.99 Å². The third kappa shape index (κ3) is 5.84. The van der Waals surface area contributed by atoms with Gasteiger partial charge in [-0.3, -0.25) is 5.32 Å². The van der Waals surface area contributed by atoms with Gasteiger partial charge in [0.25, 0.3) is 0 Å². The van der Waals surface area contributed by atoms with E-state index in [1.165, 1.54) is 5.56 Å². The second kappa shape index (κ2) is 11.4. The van der Waals surface area contributed by atoms with Crippen LogP contribution >= 0.6 is 0 Å². The molecule has 36 heavy (non-hydrogen) atoms. The highest BCUT2D eigenvalue weighted by molar-refractivity contribution is 5.90. The highest BCUT2D eigenvalue weighted by Gasteiger charge is 2.33. The Morgan fingerprint density at radius 2 is 1.69 bits per heavy atom. The number of rotatable bonds is 4. The highest BCUT2D eigenvalue weighted by atomic mass is 16.2. The lowest BCUT2D eigenvalue weighted by molar-refractivity contribution is 0.135. The van der Waals surface area contributed by atoms with Gasteiger partial charge < -0.3 is 15.1 Å². The van der Waals surface area contributed by atoms with E-state index in [0.29, 0.717) is 31.5 Å². The maximum Gasteiger partial charge on any atom is 0.322 e. The molecule has 3 aromatic carbocycles. The van der Waals surface area contributed by atoms with E-state index in [2.05, 4.69) is 36.6 Å². The number of nitrogens with one attached hydrogen (secondary N) is 2. The fraction of sp³-hybridized carbons (Fsp3) is 0.276. The quantitative estimate of drug-likeness (QED) is 0.215.